The fourth-order valence-electron chi connectivity index (χ4n) is 3.39. The summed E-state index contributed by atoms with van der Waals surface area (Å²) in [4.78, 5) is 24.6. The number of benzene rings is 2. The van der Waals surface area contributed by atoms with Crippen LogP contribution in [0.3, 0.4) is 0 Å². The maximum atomic E-state index is 12.9. The lowest BCUT2D eigenvalue weighted by Gasteiger charge is -2.25. The third kappa shape index (κ3) is 5.03. The van der Waals surface area contributed by atoms with Crippen molar-refractivity contribution >= 4 is 17.3 Å². The standard InChI is InChI=1S/C21H25N3O5/c1-14(21(25)22-19-11-8-17(24(26)27)12-20(19)29-3)23(16-6-7-16)13-15-4-9-18(28-2)10-5-15/h4-5,8-12,14,16H,6-7,13H2,1-3H3,(H,22,25)/p+1/t14-/m1/s1. The number of anilines is 1. The summed E-state index contributed by atoms with van der Waals surface area (Å²) in [6.45, 7) is 2.64. The Labute approximate surface area is 169 Å². The molecule has 3 rings (SSSR count). The Hall–Kier alpha value is -3.13. The minimum Gasteiger partial charge on any atom is -0.497 e. The zero-order valence-corrected chi connectivity index (χ0v) is 16.8. The van der Waals surface area contributed by atoms with Gasteiger partial charge in [0.2, 0.25) is 0 Å². The first-order valence-corrected chi connectivity index (χ1v) is 9.54. The fraction of sp³-hybridized carbons (Fsp3) is 0.381. The van der Waals surface area contributed by atoms with Crippen molar-refractivity contribution in [1.29, 1.82) is 0 Å². The number of nitro benzene ring substituents is 1. The maximum Gasteiger partial charge on any atom is 0.282 e. The van der Waals surface area contributed by atoms with Gasteiger partial charge < -0.3 is 19.7 Å². The van der Waals surface area contributed by atoms with Crippen molar-refractivity contribution in [2.45, 2.75) is 38.4 Å². The summed E-state index contributed by atoms with van der Waals surface area (Å²) in [6.07, 6.45) is 2.20. The van der Waals surface area contributed by atoms with Crippen LogP contribution in [0.15, 0.2) is 42.5 Å². The number of nitrogens with one attached hydrogen (secondary N) is 2. The van der Waals surface area contributed by atoms with E-state index in [1.54, 1.807) is 7.11 Å². The second-order valence-electron chi connectivity index (χ2n) is 7.23. The van der Waals surface area contributed by atoms with Crippen molar-refractivity contribution < 1.29 is 24.1 Å². The average Bonchev–Trinajstić information content (AvgIpc) is 3.57. The summed E-state index contributed by atoms with van der Waals surface area (Å²) in [5.74, 6) is 0.924. The van der Waals surface area contributed by atoms with E-state index >= 15 is 0 Å². The first kappa shape index (κ1) is 20.6. The zero-order chi connectivity index (χ0) is 21.0. The normalized spacial score (nSPS) is 15.3. The highest BCUT2D eigenvalue weighted by Gasteiger charge is 2.39. The van der Waals surface area contributed by atoms with Gasteiger partial charge in [-0.1, -0.05) is 0 Å². The average molecular weight is 400 g/mol. The molecular weight excluding hydrogens is 374 g/mol. The molecule has 1 amide bonds. The fourth-order valence-corrected chi connectivity index (χ4v) is 3.39. The van der Waals surface area contributed by atoms with Crippen LogP contribution in [0.4, 0.5) is 11.4 Å². The molecular formula is C21H26N3O5+. The SMILES string of the molecule is COc1ccc(C[NH+](C2CC2)[C@H](C)C(=O)Nc2ccc([N+](=O)[O-])cc2OC)cc1. The number of methoxy groups -OCH3 is 2. The van der Waals surface area contributed by atoms with Crippen molar-refractivity contribution in [3.05, 3.63) is 58.1 Å². The molecule has 154 valence electrons. The molecule has 2 aromatic carbocycles. The lowest BCUT2D eigenvalue weighted by Crippen LogP contribution is -3.16. The highest BCUT2D eigenvalue weighted by atomic mass is 16.6. The minimum atomic E-state index is -0.495. The van der Waals surface area contributed by atoms with Crippen LogP contribution in [-0.4, -0.2) is 37.1 Å². The molecule has 0 heterocycles. The van der Waals surface area contributed by atoms with Crippen LogP contribution in [0.5, 0.6) is 11.5 Å². The number of amides is 1. The van der Waals surface area contributed by atoms with Crippen molar-refractivity contribution in [1.82, 2.24) is 0 Å². The Morgan fingerprint density at radius 2 is 1.90 bits per heavy atom. The second-order valence-corrected chi connectivity index (χ2v) is 7.23. The van der Waals surface area contributed by atoms with E-state index in [9.17, 15) is 14.9 Å². The molecule has 0 radical (unpaired) electrons. The van der Waals surface area contributed by atoms with E-state index in [1.807, 2.05) is 31.2 Å². The lowest BCUT2D eigenvalue weighted by molar-refractivity contribution is -0.938. The molecule has 1 aliphatic rings. The zero-order valence-electron chi connectivity index (χ0n) is 16.8. The first-order chi connectivity index (χ1) is 13.9. The number of non-ortho nitro benzene ring substituents is 1. The Morgan fingerprint density at radius 3 is 2.45 bits per heavy atom. The van der Waals surface area contributed by atoms with Crippen molar-refractivity contribution in [3.63, 3.8) is 0 Å². The first-order valence-electron chi connectivity index (χ1n) is 9.54. The topological polar surface area (TPSA) is 95.1 Å². The van der Waals surface area contributed by atoms with Crippen LogP contribution in [0.25, 0.3) is 0 Å². The van der Waals surface area contributed by atoms with Gasteiger partial charge in [-0.3, -0.25) is 14.9 Å². The Kier molecular flexibility index (Phi) is 6.33. The van der Waals surface area contributed by atoms with E-state index in [-0.39, 0.29) is 23.4 Å². The van der Waals surface area contributed by atoms with E-state index in [0.29, 0.717) is 11.7 Å². The number of quaternary nitrogens is 1. The molecule has 0 bridgehead atoms. The molecule has 8 heteroatoms. The minimum absolute atomic E-state index is 0.0855. The van der Waals surface area contributed by atoms with Crippen molar-refractivity contribution in [2.75, 3.05) is 19.5 Å². The molecule has 8 nitrogen and oxygen atoms in total. The molecule has 1 fully saturated rings. The van der Waals surface area contributed by atoms with Crippen molar-refractivity contribution in [3.8, 4) is 11.5 Å². The summed E-state index contributed by atoms with van der Waals surface area (Å²) < 4.78 is 10.4. The van der Waals surface area contributed by atoms with Gasteiger partial charge >= 0.3 is 0 Å². The van der Waals surface area contributed by atoms with E-state index in [1.165, 1.54) is 30.2 Å². The molecule has 0 aromatic heterocycles. The van der Waals surface area contributed by atoms with Crippen LogP contribution in [0.2, 0.25) is 0 Å². The highest BCUT2D eigenvalue weighted by Crippen LogP contribution is 2.29. The van der Waals surface area contributed by atoms with Crippen LogP contribution >= 0.6 is 0 Å². The van der Waals surface area contributed by atoms with Gasteiger partial charge in [0.25, 0.3) is 11.6 Å². The van der Waals surface area contributed by atoms with Gasteiger partial charge in [0.1, 0.15) is 18.0 Å². The highest BCUT2D eigenvalue weighted by molar-refractivity contribution is 5.95. The van der Waals surface area contributed by atoms with E-state index < -0.39 is 4.92 Å². The summed E-state index contributed by atoms with van der Waals surface area (Å²) in [5, 5.41) is 13.8. The van der Waals surface area contributed by atoms with Crippen LogP contribution in [0.1, 0.15) is 25.3 Å². The van der Waals surface area contributed by atoms with Crippen LogP contribution < -0.4 is 19.7 Å². The molecule has 29 heavy (non-hydrogen) atoms. The van der Waals surface area contributed by atoms with E-state index in [4.69, 9.17) is 9.47 Å². The smallest absolute Gasteiger partial charge is 0.282 e. The molecule has 2 aromatic rings. The van der Waals surface area contributed by atoms with Gasteiger partial charge in [-0.15, -0.1) is 0 Å². The molecule has 1 aliphatic carbocycles. The van der Waals surface area contributed by atoms with Crippen molar-refractivity contribution in [2.24, 2.45) is 0 Å². The van der Waals surface area contributed by atoms with Gasteiger partial charge in [0.05, 0.1) is 36.9 Å². The third-order valence-electron chi connectivity index (χ3n) is 5.27. The number of nitro groups is 1. The predicted octanol–water partition coefficient (Wildman–Crippen LogP) is 2.19. The molecule has 2 N–H and O–H groups in total. The summed E-state index contributed by atoms with van der Waals surface area (Å²) in [6, 6.07) is 12.2. The summed E-state index contributed by atoms with van der Waals surface area (Å²) >= 11 is 0. The predicted molar refractivity (Wildman–Crippen MR) is 108 cm³/mol. The Bertz CT molecular complexity index is 880. The lowest BCUT2D eigenvalue weighted by atomic mass is 10.1. The molecule has 0 saturated heterocycles. The molecule has 0 spiro atoms. The van der Waals surface area contributed by atoms with Gasteiger partial charge in [0.15, 0.2) is 6.04 Å². The number of hydrogen-bond acceptors (Lipinski definition) is 5. The van der Waals surface area contributed by atoms with E-state index in [0.717, 1.165) is 30.7 Å². The molecule has 2 atom stereocenters. The summed E-state index contributed by atoms with van der Waals surface area (Å²) in [5.41, 5.74) is 1.48. The van der Waals surface area contributed by atoms with Gasteiger partial charge in [0, 0.05) is 24.5 Å². The number of nitrogens with zero attached hydrogens (tertiary/aromatic N) is 1. The van der Waals surface area contributed by atoms with Gasteiger partial charge in [-0.2, -0.15) is 0 Å². The molecule has 0 aliphatic heterocycles. The number of hydrogen-bond donors (Lipinski definition) is 2. The third-order valence-corrected chi connectivity index (χ3v) is 5.27. The molecule has 1 unspecified atom stereocenters. The number of carbonyl (C=O) groups excluding carboxylic acids is 1. The summed E-state index contributed by atoms with van der Waals surface area (Å²) in [7, 11) is 3.05. The molecule has 1 saturated carbocycles. The van der Waals surface area contributed by atoms with Gasteiger partial charge in [-0.25, -0.2) is 0 Å². The largest absolute Gasteiger partial charge is 0.497 e. The monoisotopic (exact) mass is 400 g/mol. The quantitative estimate of drug-likeness (QED) is 0.497. The number of ether oxygens (including phenoxy) is 2. The Balaban J connectivity index is 1.72. The van der Waals surface area contributed by atoms with Gasteiger partial charge in [-0.05, 0) is 37.3 Å². The Morgan fingerprint density at radius 1 is 1.21 bits per heavy atom. The maximum absolute atomic E-state index is 12.9. The van der Waals surface area contributed by atoms with E-state index in [2.05, 4.69) is 5.32 Å². The number of carbonyl (C=O) groups is 1. The van der Waals surface area contributed by atoms with Crippen LogP contribution in [0, 0.1) is 10.1 Å². The second kappa shape index (κ2) is 8.91. The van der Waals surface area contributed by atoms with Crippen LogP contribution in [-0.2, 0) is 11.3 Å². The number of rotatable bonds is 9.